The minimum Gasteiger partial charge on any atom is -0.352 e. The second kappa shape index (κ2) is 7.58. The molecule has 0 saturated heterocycles. The van der Waals surface area contributed by atoms with Crippen molar-refractivity contribution in [2.45, 2.75) is 33.1 Å². The molecule has 0 aliphatic rings. The van der Waals surface area contributed by atoms with Crippen molar-refractivity contribution in [3.63, 3.8) is 0 Å². The van der Waals surface area contributed by atoms with Gasteiger partial charge in [-0.25, -0.2) is 0 Å². The molecule has 0 aliphatic heterocycles. The highest BCUT2D eigenvalue weighted by molar-refractivity contribution is 5.93. The lowest BCUT2D eigenvalue weighted by molar-refractivity contribution is -0.122. The predicted octanol–water partition coefficient (Wildman–Crippen LogP) is 2.45. The molecule has 1 aromatic rings. The predicted molar refractivity (Wildman–Crippen MR) is 72.4 cm³/mol. The van der Waals surface area contributed by atoms with Crippen LogP contribution < -0.4 is 5.32 Å². The lowest BCUT2D eigenvalue weighted by atomic mass is 10.00. The smallest absolute Gasteiger partial charge is 0.252 e. The van der Waals surface area contributed by atoms with E-state index in [1.165, 1.54) is 6.20 Å². The number of hydrogen-bond acceptors (Lipinski definition) is 3. The molecule has 0 spiro atoms. The first kappa shape index (κ1) is 14.4. The van der Waals surface area contributed by atoms with Gasteiger partial charge in [-0.1, -0.05) is 13.8 Å². The van der Waals surface area contributed by atoms with Crippen molar-refractivity contribution in [1.82, 2.24) is 10.3 Å². The topological polar surface area (TPSA) is 59.1 Å². The molecule has 1 N–H and O–H groups in total. The van der Waals surface area contributed by atoms with Gasteiger partial charge < -0.3 is 5.32 Å². The summed E-state index contributed by atoms with van der Waals surface area (Å²) < 4.78 is 0. The quantitative estimate of drug-likeness (QED) is 0.756. The van der Waals surface area contributed by atoms with Crippen LogP contribution in [0.25, 0.3) is 0 Å². The van der Waals surface area contributed by atoms with Crippen molar-refractivity contribution in [2.24, 2.45) is 5.92 Å². The zero-order valence-electron chi connectivity index (χ0n) is 11.0. The van der Waals surface area contributed by atoms with Gasteiger partial charge >= 0.3 is 0 Å². The van der Waals surface area contributed by atoms with E-state index in [0.29, 0.717) is 24.9 Å². The summed E-state index contributed by atoms with van der Waals surface area (Å²) in [4.78, 5) is 27.1. The fraction of sp³-hybridized carbons (Fsp3) is 0.500. The van der Waals surface area contributed by atoms with Gasteiger partial charge in [0.15, 0.2) is 0 Å². The summed E-state index contributed by atoms with van der Waals surface area (Å²) in [5.74, 6) is 0.256. The number of pyridine rings is 1. The summed E-state index contributed by atoms with van der Waals surface area (Å²) >= 11 is 0. The molecule has 1 heterocycles. The van der Waals surface area contributed by atoms with Gasteiger partial charge in [-0.15, -0.1) is 0 Å². The van der Waals surface area contributed by atoms with Crippen LogP contribution >= 0.6 is 0 Å². The molecule has 4 nitrogen and oxygen atoms in total. The van der Waals surface area contributed by atoms with Crippen LogP contribution in [0.4, 0.5) is 0 Å². The van der Waals surface area contributed by atoms with Crippen molar-refractivity contribution in [2.75, 3.05) is 6.54 Å². The van der Waals surface area contributed by atoms with Crippen molar-refractivity contribution in [3.05, 3.63) is 30.1 Å². The molecule has 4 heteroatoms. The lowest BCUT2D eigenvalue weighted by Gasteiger charge is -2.07. The van der Waals surface area contributed by atoms with E-state index in [4.69, 9.17) is 0 Å². The van der Waals surface area contributed by atoms with Gasteiger partial charge in [0.1, 0.15) is 5.78 Å². The Morgan fingerprint density at radius 1 is 1.50 bits per heavy atom. The molecule has 1 rings (SSSR count). The van der Waals surface area contributed by atoms with Crippen LogP contribution in [0.15, 0.2) is 24.5 Å². The minimum atomic E-state index is -0.140. The zero-order valence-corrected chi connectivity index (χ0v) is 11.0. The van der Waals surface area contributed by atoms with Crippen molar-refractivity contribution >= 4 is 11.7 Å². The van der Waals surface area contributed by atoms with Gasteiger partial charge in [-0.2, -0.15) is 0 Å². The van der Waals surface area contributed by atoms with E-state index >= 15 is 0 Å². The largest absolute Gasteiger partial charge is 0.352 e. The normalized spacial score (nSPS) is 11.9. The Kier molecular flexibility index (Phi) is 6.05. The third-order valence-electron chi connectivity index (χ3n) is 2.97. The van der Waals surface area contributed by atoms with E-state index in [9.17, 15) is 9.59 Å². The third kappa shape index (κ3) is 4.65. The number of nitrogens with zero attached hydrogens (tertiary/aromatic N) is 1. The molecule has 100 valence electrons. The van der Waals surface area contributed by atoms with E-state index in [1.807, 2.05) is 13.8 Å². The van der Waals surface area contributed by atoms with Crippen molar-refractivity contribution < 1.29 is 11.0 Å². The summed E-state index contributed by atoms with van der Waals surface area (Å²) in [7, 11) is 0. The summed E-state index contributed by atoms with van der Waals surface area (Å²) in [6.07, 6.45) is 5.25. The maximum absolute atomic E-state index is 11.6. The molecule has 0 radical (unpaired) electrons. The maximum atomic E-state index is 11.6. The first-order valence-electron chi connectivity index (χ1n) is 6.36. The van der Waals surface area contributed by atoms with Crippen LogP contribution in [-0.2, 0) is 4.79 Å². The summed E-state index contributed by atoms with van der Waals surface area (Å²) in [6, 6.07) is 3.44. The Morgan fingerprint density at radius 2 is 2.28 bits per heavy atom. The molecule has 0 aromatic carbocycles. The standard InChI is InChI=1S/C14H20N2O2.H2/c1-3-11(2)13(17)7-5-9-16-14(18)12-6-4-8-15-10-12;/h4,6,8,10-11H,3,5,7,9H2,1-2H3,(H,16,18);1H. The summed E-state index contributed by atoms with van der Waals surface area (Å²) in [5, 5.41) is 2.78. The fourth-order valence-corrected chi connectivity index (χ4v) is 1.54. The number of aromatic nitrogens is 1. The fourth-order valence-electron chi connectivity index (χ4n) is 1.54. The highest BCUT2D eigenvalue weighted by Crippen LogP contribution is 2.06. The monoisotopic (exact) mass is 250 g/mol. The van der Waals surface area contributed by atoms with Crippen LogP contribution in [0.3, 0.4) is 0 Å². The number of nitrogens with one attached hydrogen (secondary N) is 1. The van der Waals surface area contributed by atoms with Gasteiger partial charge in [0, 0.05) is 32.7 Å². The van der Waals surface area contributed by atoms with Crippen LogP contribution in [0.5, 0.6) is 0 Å². The Morgan fingerprint density at radius 3 is 2.89 bits per heavy atom. The molecule has 1 aromatic heterocycles. The van der Waals surface area contributed by atoms with Gasteiger partial charge in [0.2, 0.25) is 0 Å². The molecule has 0 aliphatic carbocycles. The highest BCUT2D eigenvalue weighted by atomic mass is 16.1. The third-order valence-corrected chi connectivity index (χ3v) is 2.97. The van der Waals surface area contributed by atoms with Crippen LogP contribution in [0, 0.1) is 5.92 Å². The van der Waals surface area contributed by atoms with Gasteiger partial charge in [-0.3, -0.25) is 14.6 Å². The number of ketones is 1. The molecule has 1 amide bonds. The molecule has 0 fully saturated rings. The van der Waals surface area contributed by atoms with E-state index in [-0.39, 0.29) is 19.0 Å². The highest BCUT2D eigenvalue weighted by Gasteiger charge is 2.10. The first-order chi connectivity index (χ1) is 8.65. The lowest BCUT2D eigenvalue weighted by Crippen LogP contribution is -2.25. The molecule has 0 bridgehead atoms. The van der Waals surface area contributed by atoms with E-state index < -0.39 is 0 Å². The van der Waals surface area contributed by atoms with Gasteiger partial charge in [0.25, 0.3) is 5.91 Å². The van der Waals surface area contributed by atoms with Crippen LogP contribution in [-0.4, -0.2) is 23.2 Å². The Labute approximate surface area is 109 Å². The molecule has 1 unspecified atom stereocenters. The molecular formula is C14H22N2O2. The Bertz CT molecular complexity index is 396. The number of carbonyl (C=O) groups is 2. The Hall–Kier alpha value is -1.71. The van der Waals surface area contributed by atoms with Crippen LogP contribution in [0.1, 0.15) is 44.9 Å². The molecule has 18 heavy (non-hydrogen) atoms. The molecule has 0 saturated carbocycles. The summed E-state index contributed by atoms with van der Waals surface area (Å²) in [5.41, 5.74) is 0.547. The molecule has 1 atom stereocenters. The van der Waals surface area contributed by atoms with E-state index in [2.05, 4.69) is 10.3 Å². The summed E-state index contributed by atoms with van der Waals surface area (Å²) in [6.45, 7) is 4.47. The number of Topliss-reactive ketones (excluding diaryl/α,β-unsaturated/α-hetero) is 1. The van der Waals surface area contributed by atoms with E-state index in [0.717, 1.165) is 6.42 Å². The molecular weight excluding hydrogens is 228 g/mol. The Balaban J connectivity index is 0.00000324. The zero-order chi connectivity index (χ0) is 13.4. The van der Waals surface area contributed by atoms with Gasteiger partial charge in [-0.05, 0) is 25.0 Å². The maximum Gasteiger partial charge on any atom is 0.252 e. The van der Waals surface area contributed by atoms with Crippen molar-refractivity contribution in [1.29, 1.82) is 0 Å². The number of rotatable bonds is 7. The second-order valence-electron chi connectivity index (χ2n) is 4.38. The average molecular weight is 250 g/mol. The second-order valence-corrected chi connectivity index (χ2v) is 4.38. The number of hydrogen-bond donors (Lipinski definition) is 1. The SMILES string of the molecule is CCC(C)C(=O)CCCNC(=O)c1cccnc1.[HH]. The minimum absolute atomic E-state index is 0. The number of carbonyl (C=O) groups excluding carboxylic acids is 2. The van der Waals surface area contributed by atoms with Crippen molar-refractivity contribution in [3.8, 4) is 0 Å². The van der Waals surface area contributed by atoms with Crippen LogP contribution in [0.2, 0.25) is 0 Å². The average Bonchev–Trinajstić information content (AvgIpc) is 2.43. The van der Waals surface area contributed by atoms with E-state index in [1.54, 1.807) is 18.3 Å². The first-order valence-corrected chi connectivity index (χ1v) is 6.36. The number of amides is 1. The van der Waals surface area contributed by atoms with Gasteiger partial charge in [0.05, 0.1) is 5.56 Å².